The van der Waals surface area contributed by atoms with E-state index < -0.39 is 0 Å². The highest BCUT2D eigenvalue weighted by molar-refractivity contribution is 5.30. The van der Waals surface area contributed by atoms with Crippen LogP contribution in [-0.4, -0.2) is 12.6 Å². The molecule has 1 aliphatic carbocycles. The Balaban J connectivity index is 2.01. The molecule has 3 atom stereocenters. The molecule has 20 heavy (non-hydrogen) atoms. The highest BCUT2D eigenvalue weighted by Gasteiger charge is 2.20. The maximum Gasteiger partial charge on any atom is 0.131 e. The van der Waals surface area contributed by atoms with E-state index >= 15 is 0 Å². The minimum Gasteiger partial charge on any atom is -0.490 e. The molecule has 2 rings (SSSR count). The number of ether oxygens (including phenoxy) is 1. The Bertz CT molecular complexity index is 435. The molecule has 0 heterocycles. The smallest absolute Gasteiger partial charge is 0.131 e. The summed E-state index contributed by atoms with van der Waals surface area (Å²) in [6.07, 6.45) is 4.91. The third-order valence-corrected chi connectivity index (χ3v) is 4.14. The van der Waals surface area contributed by atoms with Crippen LogP contribution in [0.15, 0.2) is 18.2 Å². The van der Waals surface area contributed by atoms with Crippen LogP contribution in [0, 0.1) is 11.7 Å². The monoisotopic (exact) mass is 279 g/mol. The molecule has 1 aromatic rings. The summed E-state index contributed by atoms with van der Waals surface area (Å²) in [5.41, 5.74) is 0.705. The van der Waals surface area contributed by atoms with E-state index in [1.165, 1.54) is 18.9 Å². The molecule has 0 saturated heterocycles. The number of hydrogen-bond acceptors (Lipinski definition) is 2. The van der Waals surface area contributed by atoms with Crippen LogP contribution in [-0.2, 0) is 0 Å². The van der Waals surface area contributed by atoms with Crippen molar-refractivity contribution in [2.45, 2.75) is 58.6 Å². The summed E-state index contributed by atoms with van der Waals surface area (Å²) in [5, 5.41) is 3.23. The van der Waals surface area contributed by atoms with Gasteiger partial charge in [0.25, 0.3) is 0 Å². The Morgan fingerprint density at radius 1 is 1.40 bits per heavy atom. The van der Waals surface area contributed by atoms with E-state index in [2.05, 4.69) is 12.2 Å². The zero-order valence-corrected chi connectivity index (χ0v) is 12.8. The fourth-order valence-electron chi connectivity index (χ4n) is 3.03. The van der Waals surface area contributed by atoms with Crippen molar-refractivity contribution < 1.29 is 9.13 Å². The van der Waals surface area contributed by atoms with Gasteiger partial charge in [0.05, 0.1) is 6.10 Å². The normalized spacial score (nSPS) is 24.4. The first-order valence-electron chi connectivity index (χ1n) is 7.79. The van der Waals surface area contributed by atoms with Crippen molar-refractivity contribution in [1.82, 2.24) is 5.32 Å². The van der Waals surface area contributed by atoms with Crippen molar-refractivity contribution >= 4 is 0 Å². The third kappa shape index (κ3) is 3.95. The summed E-state index contributed by atoms with van der Waals surface area (Å²) < 4.78 is 20.1. The third-order valence-electron chi connectivity index (χ3n) is 4.14. The predicted molar refractivity (Wildman–Crippen MR) is 80.5 cm³/mol. The molecular formula is C17H26FNO. The summed E-state index contributed by atoms with van der Waals surface area (Å²) in [4.78, 5) is 0. The van der Waals surface area contributed by atoms with Crippen LogP contribution in [0.5, 0.6) is 5.75 Å². The first-order valence-corrected chi connectivity index (χ1v) is 7.79. The molecule has 0 amide bonds. The van der Waals surface area contributed by atoms with Crippen LogP contribution in [0.2, 0.25) is 0 Å². The van der Waals surface area contributed by atoms with Gasteiger partial charge in [-0.25, -0.2) is 4.39 Å². The van der Waals surface area contributed by atoms with E-state index in [0.29, 0.717) is 17.2 Å². The Morgan fingerprint density at radius 2 is 2.20 bits per heavy atom. The summed E-state index contributed by atoms with van der Waals surface area (Å²) >= 11 is 0. The molecule has 0 radical (unpaired) electrons. The first-order chi connectivity index (χ1) is 9.60. The van der Waals surface area contributed by atoms with Gasteiger partial charge in [0.2, 0.25) is 0 Å². The topological polar surface area (TPSA) is 21.3 Å². The van der Waals surface area contributed by atoms with Gasteiger partial charge in [0, 0.05) is 17.7 Å². The van der Waals surface area contributed by atoms with Gasteiger partial charge in [-0.15, -0.1) is 0 Å². The van der Waals surface area contributed by atoms with Crippen molar-refractivity contribution in [3.8, 4) is 5.75 Å². The molecule has 1 aromatic carbocycles. The fourth-order valence-corrected chi connectivity index (χ4v) is 3.03. The largest absolute Gasteiger partial charge is 0.490 e. The lowest BCUT2D eigenvalue weighted by Gasteiger charge is -2.27. The molecule has 0 aromatic heterocycles. The summed E-state index contributed by atoms with van der Waals surface area (Å²) in [6.45, 7) is 7.09. The van der Waals surface area contributed by atoms with Gasteiger partial charge in [-0.2, -0.15) is 0 Å². The maximum absolute atomic E-state index is 14.1. The molecule has 0 bridgehead atoms. The van der Waals surface area contributed by atoms with Crippen LogP contribution in [0.1, 0.15) is 58.1 Å². The van der Waals surface area contributed by atoms with Crippen molar-refractivity contribution in [2.75, 3.05) is 6.54 Å². The van der Waals surface area contributed by atoms with Crippen molar-refractivity contribution in [1.29, 1.82) is 0 Å². The summed E-state index contributed by atoms with van der Waals surface area (Å²) in [6, 6.07) is 5.29. The molecule has 1 N–H and O–H groups in total. The van der Waals surface area contributed by atoms with Gasteiger partial charge in [-0.1, -0.05) is 26.3 Å². The van der Waals surface area contributed by atoms with E-state index in [0.717, 1.165) is 19.4 Å². The predicted octanol–water partition coefficient (Wildman–Crippen LogP) is 4.45. The molecule has 1 fully saturated rings. The van der Waals surface area contributed by atoms with E-state index in [1.54, 1.807) is 0 Å². The zero-order chi connectivity index (χ0) is 14.5. The second kappa shape index (κ2) is 7.07. The highest BCUT2D eigenvalue weighted by Crippen LogP contribution is 2.29. The van der Waals surface area contributed by atoms with Gasteiger partial charge in [0.15, 0.2) is 0 Å². The quantitative estimate of drug-likeness (QED) is 0.859. The molecule has 3 unspecified atom stereocenters. The van der Waals surface area contributed by atoms with Gasteiger partial charge in [-0.05, 0) is 44.7 Å². The van der Waals surface area contributed by atoms with Crippen molar-refractivity contribution in [3.05, 3.63) is 29.6 Å². The number of halogens is 1. The molecular weight excluding hydrogens is 253 g/mol. The van der Waals surface area contributed by atoms with Crippen LogP contribution < -0.4 is 10.1 Å². The number of hydrogen-bond donors (Lipinski definition) is 1. The Labute approximate surface area is 121 Å². The van der Waals surface area contributed by atoms with Crippen LogP contribution in [0.4, 0.5) is 4.39 Å². The van der Waals surface area contributed by atoms with E-state index in [1.807, 2.05) is 26.0 Å². The number of benzene rings is 1. The van der Waals surface area contributed by atoms with Gasteiger partial charge < -0.3 is 10.1 Å². The summed E-state index contributed by atoms with van der Waals surface area (Å²) in [7, 11) is 0. The lowest BCUT2D eigenvalue weighted by molar-refractivity contribution is 0.129. The van der Waals surface area contributed by atoms with Gasteiger partial charge in [0.1, 0.15) is 11.6 Å². The lowest BCUT2D eigenvalue weighted by Crippen LogP contribution is -2.24. The van der Waals surface area contributed by atoms with Crippen LogP contribution in [0.25, 0.3) is 0 Å². The molecule has 1 aliphatic rings. The van der Waals surface area contributed by atoms with E-state index in [9.17, 15) is 4.39 Å². The summed E-state index contributed by atoms with van der Waals surface area (Å²) in [5.74, 6) is 1.19. The molecule has 0 spiro atoms. The minimum atomic E-state index is -0.181. The van der Waals surface area contributed by atoms with Crippen molar-refractivity contribution in [2.24, 2.45) is 5.92 Å². The molecule has 1 saturated carbocycles. The van der Waals surface area contributed by atoms with E-state index in [-0.39, 0.29) is 18.0 Å². The SMILES string of the molecule is CCNC(C)c1ccc(OC2CCCC(C)C2)cc1F. The maximum atomic E-state index is 14.1. The molecule has 2 nitrogen and oxygen atoms in total. The minimum absolute atomic E-state index is 0.0313. The Kier molecular flexibility index (Phi) is 5.41. The standard InChI is InChI=1S/C17H26FNO/c1-4-19-13(3)16-9-8-15(11-17(16)18)20-14-7-5-6-12(2)10-14/h8-9,11-14,19H,4-7,10H2,1-3H3. The highest BCUT2D eigenvalue weighted by atomic mass is 19.1. The number of nitrogens with one attached hydrogen (secondary N) is 1. The van der Waals surface area contributed by atoms with E-state index in [4.69, 9.17) is 4.74 Å². The second-order valence-corrected chi connectivity index (χ2v) is 5.97. The van der Waals surface area contributed by atoms with Gasteiger partial charge >= 0.3 is 0 Å². The zero-order valence-electron chi connectivity index (χ0n) is 12.8. The Morgan fingerprint density at radius 3 is 2.85 bits per heavy atom. The molecule has 0 aliphatic heterocycles. The average Bonchev–Trinajstić information content (AvgIpc) is 2.39. The van der Waals surface area contributed by atoms with Crippen LogP contribution >= 0.6 is 0 Å². The second-order valence-electron chi connectivity index (χ2n) is 5.97. The average molecular weight is 279 g/mol. The molecule has 112 valence electrons. The first kappa shape index (κ1) is 15.3. The van der Waals surface area contributed by atoms with Crippen LogP contribution in [0.3, 0.4) is 0 Å². The van der Waals surface area contributed by atoms with Gasteiger partial charge in [-0.3, -0.25) is 0 Å². The lowest BCUT2D eigenvalue weighted by atomic mass is 9.89. The number of rotatable bonds is 5. The fraction of sp³-hybridized carbons (Fsp3) is 0.647. The van der Waals surface area contributed by atoms with Crippen molar-refractivity contribution in [3.63, 3.8) is 0 Å². The molecule has 3 heteroatoms. The Hall–Kier alpha value is -1.09.